The second-order valence-electron chi connectivity index (χ2n) is 7.02. The molecule has 0 unspecified atom stereocenters. The van der Waals surface area contributed by atoms with E-state index in [-0.39, 0.29) is 11.8 Å². The van der Waals surface area contributed by atoms with Gasteiger partial charge < -0.3 is 10.5 Å². The standard InChI is InChI=1S/C19H22N6O2/c1-27-15-8-6-14(7-9-15)25-19-16(23-24-25)11-21-17(22-19)10-12-2-4-13(5-3-12)18(20)26/h6-9,11-13H,2-5,10H2,1H3,(H2,20,26). The molecule has 1 fully saturated rings. The first kappa shape index (κ1) is 17.4. The van der Waals surface area contributed by atoms with Crippen molar-refractivity contribution in [2.75, 3.05) is 7.11 Å². The van der Waals surface area contributed by atoms with Crippen molar-refractivity contribution in [1.29, 1.82) is 0 Å². The minimum Gasteiger partial charge on any atom is -0.497 e. The fraction of sp³-hybridized carbons (Fsp3) is 0.421. The molecule has 0 aliphatic heterocycles. The van der Waals surface area contributed by atoms with Gasteiger partial charge in [0.15, 0.2) is 11.2 Å². The van der Waals surface area contributed by atoms with E-state index >= 15 is 0 Å². The smallest absolute Gasteiger partial charge is 0.220 e. The molecule has 4 rings (SSSR count). The lowest BCUT2D eigenvalue weighted by Crippen LogP contribution is -2.28. The molecule has 0 bridgehead atoms. The second-order valence-corrected chi connectivity index (χ2v) is 7.02. The normalized spacial score (nSPS) is 19.9. The Morgan fingerprint density at radius 1 is 1.22 bits per heavy atom. The van der Waals surface area contributed by atoms with Gasteiger partial charge >= 0.3 is 0 Å². The molecule has 1 aromatic carbocycles. The Hall–Kier alpha value is -3.03. The van der Waals surface area contributed by atoms with E-state index in [9.17, 15) is 4.79 Å². The minimum absolute atomic E-state index is 0.0188. The highest BCUT2D eigenvalue weighted by Gasteiger charge is 2.25. The van der Waals surface area contributed by atoms with Gasteiger partial charge in [-0.2, -0.15) is 4.68 Å². The molecule has 0 radical (unpaired) electrons. The number of aromatic nitrogens is 5. The van der Waals surface area contributed by atoms with Gasteiger partial charge in [-0.15, -0.1) is 5.10 Å². The number of benzene rings is 1. The summed E-state index contributed by atoms with van der Waals surface area (Å²) in [6.45, 7) is 0. The molecule has 1 aliphatic rings. The van der Waals surface area contributed by atoms with E-state index in [1.165, 1.54) is 0 Å². The van der Waals surface area contributed by atoms with Crippen molar-refractivity contribution in [3.63, 3.8) is 0 Å². The van der Waals surface area contributed by atoms with Crippen LogP contribution < -0.4 is 10.5 Å². The van der Waals surface area contributed by atoms with Crippen molar-refractivity contribution in [1.82, 2.24) is 25.0 Å². The van der Waals surface area contributed by atoms with Crippen LogP contribution >= 0.6 is 0 Å². The Morgan fingerprint density at radius 3 is 2.63 bits per heavy atom. The van der Waals surface area contributed by atoms with Crippen LogP contribution in [0.15, 0.2) is 30.5 Å². The number of ether oxygens (including phenoxy) is 1. The Balaban J connectivity index is 1.54. The molecular weight excluding hydrogens is 344 g/mol. The number of carbonyl (C=O) groups excluding carboxylic acids is 1. The number of methoxy groups -OCH3 is 1. The molecule has 3 aromatic rings. The Kier molecular flexibility index (Phi) is 4.70. The van der Waals surface area contributed by atoms with E-state index < -0.39 is 0 Å². The number of carbonyl (C=O) groups is 1. The maximum absolute atomic E-state index is 11.3. The predicted molar refractivity (Wildman–Crippen MR) is 99.4 cm³/mol. The third-order valence-corrected chi connectivity index (χ3v) is 5.28. The fourth-order valence-electron chi connectivity index (χ4n) is 3.67. The number of nitrogens with two attached hydrogens (primary N) is 1. The number of nitrogens with zero attached hydrogens (tertiary/aromatic N) is 5. The molecule has 1 saturated carbocycles. The summed E-state index contributed by atoms with van der Waals surface area (Å²) >= 11 is 0. The maximum atomic E-state index is 11.3. The monoisotopic (exact) mass is 366 g/mol. The molecule has 8 heteroatoms. The molecule has 0 saturated heterocycles. The Labute approximate surface area is 156 Å². The number of rotatable bonds is 5. The lowest BCUT2D eigenvalue weighted by atomic mass is 9.80. The van der Waals surface area contributed by atoms with Gasteiger partial charge in [-0.1, -0.05) is 5.21 Å². The molecule has 2 N–H and O–H groups in total. The largest absolute Gasteiger partial charge is 0.497 e. The molecular formula is C19H22N6O2. The van der Waals surface area contributed by atoms with Gasteiger partial charge in [0, 0.05) is 12.3 Å². The fourth-order valence-corrected chi connectivity index (χ4v) is 3.67. The summed E-state index contributed by atoms with van der Waals surface area (Å²) in [5.74, 6) is 1.88. The maximum Gasteiger partial charge on any atom is 0.220 e. The number of hydrogen-bond acceptors (Lipinski definition) is 6. The van der Waals surface area contributed by atoms with Gasteiger partial charge in [-0.25, -0.2) is 9.97 Å². The third-order valence-electron chi connectivity index (χ3n) is 5.28. The van der Waals surface area contributed by atoms with Crippen LogP contribution in [0.5, 0.6) is 5.75 Å². The van der Waals surface area contributed by atoms with Crippen LogP contribution in [0, 0.1) is 11.8 Å². The molecule has 140 valence electrons. The average Bonchev–Trinajstić information content (AvgIpc) is 3.12. The van der Waals surface area contributed by atoms with E-state index in [1.807, 2.05) is 24.3 Å². The molecule has 2 heterocycles. The van der Waals surface area contributed by atoms with Crippen LogP contribution in [0.25, 0.3) is 16.9 Å². The summed E-state index contributed by atoms with van der Waals surface area (Å²) in [6, 6.07) is 7.59. The van der Waals surface area contributed by atoms with E-state index in [0.29, 0.717) is 17.1 Å². The van der Waals surface area contributed by atoms with Crippen LogP contribution in [0.4, 0.5) is 0 Å². The molecule has 1 aliphatic carbocycles. The van der Waals surface area contributed by atoms with E-state index in [4.69, 9.17) is 15.5 Å². The summed E-state index contributed by atoms with van der Waals surface area (Å²) in [5.41, 5.74) is 7.63. The average molecular weight is 366 g/mol. The van der Waals surface area contributed by atoms with E-state index in [0.717, 1.165) is 49.4 Å². The molecule has 27 heavy (non-hydrogen) atoms. The van der Waals surface area contributed by atoms with Crippen LogP contribution in [0.3, 0.4) is 0 Å². The Morgan fingerprint density at radius 2 is 1.96 bits per heavy atom. The molecule has 0 spiro atoms. The van der Waals surface area contributed by atoms with Crippen molar-refractivity contribution >= 4 is 17.1 Å². The topological polar surface area (TPSA) is 109 Å². The minimum atomic E-state index is -0.180. The zero-order valence-electron chi connectivity index (χ0n) is 15.2. The molecule has 2 aromatic heterocycles. The van der Waals surface area contributed by atoms with E-state index in [2.05, 4.69) is 15.3 Å². The number of amides is 1. The summed E-state index contributed by atoms with van der Waals surface area (Å²) < 4.78 is 6.91. The summed E-state index contributed by atoms with van der Waals surface area (Å²) in [4.78, 5) is 20.5. The summed E-state index contributed by atoms with van der Waals surface area (Å²) in [5, 5.41) is 8.37. The number of primary amides is 1. The van der Waals surface area contributed by atoms with Gasteiger partial charge in [-0.05, 0) is 55.9 Å². The predicted octanol–water partition coefficient (Wildman–Crippen LogP) is 2.05. The van der Waals surface area contributed by atoms with Crippen LogP contribution in [0.2, 0.25) is 0 Å². The second kappa shape index (κ2) is 7.30. The Bertz CT molecular complexity index is 944. The molecule has 0 atom stereocenters. The van der Waals surface area contributed by atoms with E-state index in [1.54, 1.807) is 18.0 Å². The summed E-state index contributed by atoms with van der Waals surface area (Å²) in [7, 11) is 1.64. The van der Waals surface area contributed by atoms with Crippen LogP contribution in [0.1, 0.15) is 31.5 Å². The van der Waals surface area contributed by atoms with Crippen LogP contribution in [-0.4, -0.2) is 38.0 Å². The van der Waals surface area contributed by atoms with Crippen molar-refractivity contribution in [3.8, 4) is 11.4 Å². The SMILES string of the molecule is COc1ccc(-n2nnc3cnc(CC4CCC(C(N)=O)CC4)nc32)cc1. The lowest BCUT2D eigenvalue weighted by Gasteiger charge is -2.26. The molecule has 1 amide bonds. The van der Waals surface area contributed by atoms with Crippen molar-refractivity contribution in [2.24, 2.45) is 17.6 Å². The van der Waals surface area contributed by atoms with Crippen molar-refractivity contribution < 1.29 is 9.53 Å². The zero-order valence-corrected chi connectivity index (χ0v) is 15.2. The molecule has 8 nitrogen and oxygen atoms in total. The lowest BCUT2D eigenvalue weighted by molar-refractivity contribution is -0.122. The van der Waals surface area contributed by atoms with Gasteiger partial charge in [0.05, 0.1) is 19.0 Å². The first-order chi connectivity index (χ1) is 13.1. The quantitative estimate of drug-likeness (QED) is 0.740. The zero-order chi connectivity index (χ0) is 18.8. The number of hydrogen-bond donors (Lipinski definition) is 1. The van der Waals surface area contributed by atoms with Crippen LogP contribution in [-0.2, 0) is 11.2 Å². The summed E-state index contributed by atoms with van der Waals surface area (Å²) in [6.07, 6.45) is 6.17. The van der Waals surface area contributed by atoms with Gasteiger partial charge in [-0.3, -0.25) is 4.79 Å². The van der Waals surface area contributed by atoms with Gasteiger partial charge in [0.2, 0.25) is 5.91 Å². The van der Waals surface area contributed by atoms with Crippen molar-refractivity contribution in [2.45, 2.75) is 32.1 Å². The van der Waals surface area contributed by atoms with Gasteiger partial charge in [0.25, 0.3) is 0 Å². The highest BCUT2D eigenvalue weighted by Crippen LogP contribution is 2.30. The number of fused-ring (bicyclic) bond motifs is 1. The third kappa shape index (κ3) is 3.60. The first-order valence-corrected chi connectivity index (χ1v) is 9.15. The highest BCUT2D eigenvalue weighted by atomic mass is 16.5. The van der Waals surface area contributed by atoms with Gasteiger partial charge in [0.1, 0.15) is 11.6 Å². The van der Waals surface area contributed by atoms with Crippen molar-refractivity contribution in [3.05, 3.63) is 36.3 Å². The highest BCUT2D eigenvalue weighted by molar-refractivity contribution is 5.76. The first-order valence-electron chi connectivity index (χ1n) is 9.15.